The molecule has 0 radical (unpaired) electrons. The Kier molecular flexibility index (Phi) is 8.81. The molecule has 2 N–H and O–H groups in total. The van der Waals surface area contributed by atoms with E-state index in [4.69, 9.17) is 0 Å². The van der Waals surface area contributed by atoms with Crippen LogP contribution in [0.1, 0.15) is 30.4 Å². The number of aliphatic imine (C=N–C) groups is 1. The summed E-state index contributed by atoms with van der Waals surface area (Å²) in [6.07, 6.45) is 5.38. The fraction of sp³-hybridized carbons (Fsp3) is 0.636. The van der Waals surface area contributed by atoms with Gasteiger partial charge in [-0.05, 0) is 42.4 Å². The SMILES string of the molecule is CN=C(NCCN1CCN(C(=O)C2CCC2)CC1)NCc1ccc(F)cc1CSC. The van der Waals surface area contributed by atoms with Gasteiger partial charge >= 0.3 is 0 Å². The molecule has 0 spiro atoms. The number of hydrogen-bond donors (Lipinski definition) is 2. The third-order valence-electron chi connectivity index (χ3n) is 6.00. The van der Waals surface area contributed by atoms with Crippen LogP contribution >= 0.6 is 11.8 Å². The van der Waals surface area contributed by atoms with E-state index in [1.807, 2.05) is 17.2 Å². The molecule has 1 aromatic carbocycles. The number of guanidine groups is 1. The summed E-state index contributed by atoms with van der Waals surface area (Å²) in [6.45, 7) is 5.85. The van der Waals surface area contributed by atoms with Crippen LogP contribution in [0, 0.1) is 11.7 Å². The van der Waals surface area contributed by atoms with Crippen molar-refractivity contribution in [2.45, 2.75) is 31.6 Å². The van der Waals surface area contributed by atoms with Crippen molar-refractivity contribution in [2.75, 3.05) is 52.6 Å². The Morgan fingerprint density at radius 2 is 1.97 bits per heavy atom. The summed E-state index contributed by atoms with van der Waals surface area (Å²) in [6, 6.07) is 4.96. The number of thioether (sulfide) groups is 1. The highest BCUT2D eigenvalue weighted by molar-refractivity contribution is 7.97. The first-order chi connectivity index (χ1) is 14.6. The van der Waals surface area contributed by atoms with E-state index in [0.29, 0.717) is 18.4 Å². The first-order valence-electron chi connectivity index (χ1n) is 10.8. The average Bonchev–Trinajstić information content (AvgIpc) is 2.71. The second kappa shape index (κ2) is 11.6. The minimum Gasteiger partial charge on any atom is -0.355 e. The molecule has 6 nitrogen and oxygen atoms in total. The van der Waals surface area contributed by atoms with E-state index in [2.05, 4.69) is 20.5 Å². The lowest BCUT2D eigenvalue weighted by molar-refractivity contribution is -0.139. The highest BCUT2D eigenvalue weighted by Crippen LogP contribution is 2.28. The third-order valence-corrected chi connectivity index (χ3v) is 6.60. The van der Waals surface area contributed by atoms with Gasteiger partial charge in [-0.15, -0.1) is 0 Å². The van der Waals surface area contributed by atoms with Crippen LogP contribution in [0.25, 0.3) is 0 Å². The van der Waals surface area contributed by atoms with E-state index in [9.17, 15) is 9.18 Å². The molecule has 1 aliphatic heterocycles. The molecule has 3 rings (SSSR count). The van der Waals surface area contributed by atoms with E-state index in [-0.39, 0.29) is 5.82 Å². The number of amides is 1. The van der Waals surface area contributed by atoms with Gasteiger partial charge in [0.25, 0.3) is 0 Å². The molecule has 30 heavy (non-hydrogen) atoms. The number of rotatable bonds is 8. The average molecular weight is 436 g/mol. The Hall–Kier alpha value is -1.80. The topological polar surface area (TPSA) is 60.0 Å². The zero-order valence-corrected chi connectivity index (χ0v) is 18.9. The van der Waals surface area contributed by atoms with Gasteiger partial charge in [0.2, 0.25) is 5.91 Å². The van der Waals surface area contributed by atoms with Crippen LogP contribution in [-0.4, -0.2) is 74.2 Å². The van der Waals surface area contributed by atoms with Gasteiger partial charge < -0.3 is 15.5 Å². The van der Waals surface area contributed by atoms with Gasteiger partial charge in [0.1, 0.15) is 5.82 Å². The Morgan fingerprint density at radius 3 is 2.60 bits per heavy atom. The molecule has 1 amide bonds. The Morgan fingerprint density at radius 1 is 1.20 bits per heavy atom. The summed E-state index contributed by atoms with van der Waals surface area (Å²) in [5.74, 6) is 2.00. The Bertz CT molecular complexity index is 732. The normalized spacial score (nSPS) is 18.2. The maximum absolute atomic E-state index is 13.5. The Balaban J connectivity index is 1.37. The number of benzene rings is 1. The second-order valence-corrected chi connectivity index (χ2v) is 8.86. The number of carbonyl (C=O) groups excluding carboxylic acids is 1. The second-order valence-electron chi connectivity index (χ2n) is 7.99. The first-order valence-corrected chi connectivity index (χ1v) is 12.2. The quantitative estimate of drug-likeness (QED) is 0.485. The minimum absolute atomic E-state index is 0.195. The van der Waals surface area contributed by atoms with Gasteiger partial charge in [-0.1, -0.05) is 12.5 Å². The van der Waals surface area contributed by atoms with Gasteiger partial charge in [0.15, 0.2) is 5.96 Å². The van der Waals surface area contributed by atoms with Gasteiger partial charge in [-0.25, -0.2) is 4.39 Å². The molecular weight excluding hydrogens is 401 g/mol. The molecule has 166 valence electrons. The number of halogens is 1. The van der Waals surface area contributed by atoms with Crippen molar-refractivity contribution < 1.29 is 9.18 Å². The van der Waals surface area contributed by atoms with Crippen molar-refractivity contribution in [2.24, 2.45) is 10.9 Å². The van der Waals surface area contributed by atoms with Crippen molar-refractivity contribution >= 4 is 23.6 Å². The third kappa shape index (κ3) is 6.35. The number of hydrogen-bond acceptors (Lipinski definition) is 4. The summed E-state index contributed by atoms with van der Waals surface area (Å²) in [4.78, 5) is 21.1. The van der Waals surface area contributed by atoms with Crippen molar-refractivity contribution in [1.82, 2.24) is 20.4 Å². The van der Waals surface area contributed by atoms with Crippen molar-refractivity contribution in [3.63, 3.8) is 0 Å². The number of piperazine rings is 1. The standard InChI is InChI=1S/C22H34FN5OS/c1-24-22(26-15-18-6-7-20(23)14-19(18)16-30-2)25-8-9-27-10-12-28(13-11-27)21(29)17-4-3-5-17/h6-7,14,17H,3-5,8-13,15-16H2,1-2H3,(H2,24,25,26). The number of carbonyl (C=O) groups is 1. The zero-order valence-electron chi connectivity index (χ0n) is 18.1. The number of nitrogens with one attached hydrogen (secondary N) is 2. The highest BCUT2D eigenvalue weighted by Gasteiger charge is 2.30. The lowest BCUT2D eigenvalue weighted by atomic mass is 9.84. The molecule has 0 bridgehead atoms. The molecule has 1 aromatic rings. The van der Waals surface area contributed by atoms with Gasteiger partial charge in [0, 0.05) is 64.5 Å². The lowest BCUT2D eigenvalue weighted by Crippen LogP contribution is -2.52. The van der Waals surface area contributed by atoms with E-state index >= 15 is 0 Å². The molecule has 1 aliphatic carbocycles. The molecule has 1 heterocycles. The Labute approximate surface area is 183 Å². The zero-order chi connectivity index (χ0) is 21.3. The van der Waals surface area contributed by atoms with E-state index in [1.165, 1.54) is 12.5 Å². The molecule has 0 atom stereocenters. The fourth-order valence-corrected chi connectivity index (χ4v) is 4.47. The van der Waals surface area contributed by atoms with Crippen LogP contribution in [0.4, 0.5) is 4.39 Å². The maximum Gasteiger partial charge on any atom is 0.225 e. The van der Waals surface area contributed by atoms with Crippen molar-refractivity contribution in [3.05, 3.63) is 35.1 Å². The van der Waals surface area contributed by atoms with Crippen LogP contribution in [0.3, 0.4) is 0 Å². The van der Waals surface area contributed by atoms with Crippen LogP contribution in [-0.2, 0) is 17.1 Å². The maximum atomic E-state index is 13.5. The van der Waals surface area contributed by atoms with E-state index in [0.717, 1.165) is 74.9 Å². The summed E-state index contributed by atoms with van der Waals surface area (Å²) >= 11 is 1.68. The van der Waals surface area contributed by atoms with Crippen LogP contribution in [0.15, 0.2) is 23.2 Å². The van der Waals surface area contributed by atoms with Gasteiger partial charge in [0.05, 0.1) is 0 Å². The molecule has 2 fully saturated rings. The monoisotopic (exact) mass is 435 g/mol. The van der Waals surface area contributed by atoms with Gasteiger partial charge in [-0.2, -0.15) is 11.8 Å². The minimum atomic E-state index is -0.195. The van der Waals surface area contributed by atoms with Gasteiger partial charge in [-0.3, -0.25) is 14.7 Å². The fourth-order valence-electron chi connectivity index (χ4n) is 3.89. The smallest absolute Gasteiger partial charge is 0.225 e. The summed E-state index contributed by atoms with van der Waals surface area (Å²) in [7, 11) is 1.76. The predicted octanol–water partition coefficient (Wildman–Crippen LogP) is 2.30. The predicted molar refractivity (Wildman–Crippen MR) is 122 cm³/mol. The molecule has 8 heteroatoms. The van der Waals surface area contributed by atoms with E-state index in [1.54, 1.807) is 24.9 Å². The van der Waals surface area contributed by atoms with Crippen molar-refractivity contribution in [3.8, 4) is 0 Å². The van der Waals surface area contributed by atoms with Crippen LogP contribution < -0.4 is 10.6 Å². The van der Waals surface area contributed by atoms with Crippen LogP contribution in [0.5, 0.6) is 0 Å². The van der Waals surface area contributed by atoms with Crippen molar-refractivity contribution in [1.29, 1.82) is 0 Å². The molecule has 0 unspecified atom stereocenters. The highest BCUT2D eigenvalue weighted by atomic mass is 32.2. The van der Waals surface area contributed by atoms with E-state index < -0.39 is 0 Å². The molecule has 1 saturated carbocycles. The molecule has 2 aliphatic rings. The van der Waals surface area contributed by atoms with Crippen LogP contribution in [0.2, 0.25) is 0 Å². The molecule has 0 aromatic heterocycles. The molecule has 1 saturated heterocycles. The summed E-state index contributed by atoms with van der Waals surface area (Å²) in [5.41, 5.74) is 2.10. The summed E-state index contributed by atoms with van der Waals surface area (Å²) in [5, 5.41) is 6.68. The molecular formula is C22H34FN5OS. The lowest BCUT2D eigenvalue weighted by Gasteiger charge is -2.38. The summed E-state index contributed by atoms with van der Waals surface area (Å²) < 4.78 is 13.5. The largest absolute Gasteiger partial charge is 0.355 e. The number of nitrogens with zero attached hydrogens (tertiary/aromatic N) is 3. The first kappa shape index (κ1) is 22.9.